The smallest absolute Gasteiger partial charge is 0.0555 e. The molecule has 2 aromatic rings. The molecule has 1 unspecified atom stereocenters. The van der Waals surface area contributed by atoms with Gasteiger partial charge in [0.05, 0.1) is 6.04 Å². The molecule has 0 saturated heterocycles. The quantitative estimate of drug-likeness (QED) is 0.783. The molecule has 1 nitrogen and oxygen atoms in total. The highest BCUT2D eigenvalue weighted by atomic mass is 35.5. The van der Waals surface area contributed by atoms with Gasteiger partial charge in [0.25, 0.3) is 0 Å². The van der Waals surface area contributed by atoms with Crippen LogP contribution in [0.25, 0.3) is 0 Å². The third-order valence-electron chi connectivity index (χ3n) is 3.61. The van der Waals surface area contributed by atoms with Gasteiger partial charge in [-0.3, -0.25) is 0 Å². The lowest BCUT2D eigenvalue weighted by molar-refractivity contribution is 0.821. The zero-order valence-electron chi connectivity index (χ0n) is 10.6. The summed E-state index contributed by atoms with van der Waals surface area (Å²) in [5.74, 6) is 0. The highest BCUT2D eigenvalue weighted by Gasteiger charge is 2.23. The molecule has 1 atom stereocenters. The molecule has 0 aromatic heterocycles. The van der Waals surface area contributed by atoms with Crippen molar-refractivity contribution in [3.05, 3.63) is 63.7 Å². The lowest BCUT2D eigenvalue weighted by Crippen LogP contribution is -2.05. The Kier molecular flexibility index (Phi) is 2.79. The molecule has 1 aliphatic heterocycles. The number of hydrogen-bond donors (Lipinski definition) is 1. The van der Waals surface area contributed by atoms with Crippen molar-refractivity contribution >= 4 is 17.3 Å². The fourth-order valence-corrected chi connectivity index (χ4v) is 2.96. The molecule has 1 heterocycles. The lowest BCUT2D eigenvalue weighted by Gasteiger charge is -2.11. The number of benzene rings is 2. The normalized spacial score (nSPS) is 17.4. The Bertz CT molecular complexity index is 604. The van der Waals surface area contributed by atoms with Crippen LogP contribution in [0.3, 0.4) is 0 Å². The van der Waals surface area contributed by atoms with Crippen LogP contribution in [0.4, 0.5) is 5.69 Å². The van der Waals surface area contributed by atoms with Gasteiger partial charge in [-0.1, -0.05) is 29.8 Å². The Labute approximate surface area is 113 Å². The van der Waals surface area contributed by atoms with Gasteiger partial charge >= 0.3 is 0 Å². The van der Waals surface area contributed by atoms with Crippen molar-refractivity contribution in [1.82, 2.24) is 0 Å². The average Bonchev–Trinajstić information content (AvgIpc) is 2.73. The summed E-state index contributed by atoms with van der Waals surface area (Å²) in [6.45, 7) is 4.33. The monoisotopic (exact) mass is 257 g/mol. The molecule has 0 amide bonds. The summed E-state index contributed by atoms with van der Waals surface area (Å²) < 4.78 is 0. The molecule has 1 aliphatic rings. The maximum absolute atomic E-state index is 6.06. The van der Waals surface area contributed by atoms with E-state index in [1.807, 2.05) is 18.2 Å². The summed E-state index contributed by atoms with van der Waals surface area (Å²) in [6.07, 6.45) is 1.04. The van der Waals surface area contributed by atoms with Crippen LogP contribution in [-0.4, -0.2) is 0 Å². The second-order valence-electron chi connectivity index (χ2n) is 5.06. The summed E-state index contributed by atoms with van der Waals surface area (Å²) in [4.78, 5) is 0. The van der Waals surface area contributed by atoms with Crippen LogP contribution in [0, 0.1) is 13.8 Å². The van der Waals surface area contributed by atoms with Crippen LogP contribution >= 0.6 is 11.6 Å². The van der Waals surface area contributed by atoms with E-state index in [1.54, 1.807) is 0 Å². The van der Waals surface area contributed by atoms with Gasteiger partial charge in [-0.05, 0) is 60.7 Å². The van der Waals surface area contributed by atoms with Crippen molar-refractivity contribution in [2.24, 2.45) is 0 Å². The second-order valence-corrected chi connectivity index (χ2v) is 5.50. The molecular formula is C16H16ClN. The van der Waals surface area contributed by atoms with Gasteiger partial charge < -0.3 is 5.32 Å². The van der Waals surface area contributed by atoms with Crippen LogP contribution in [-0.2, 0) is 6.42 Å². The highest BCUT2D eigenvalue weighted by Crippen LogP contribution is 2.37. The van der Waals surface area contributed by atoms with Gasteiger partial charge in [0.15, 0.2) is 0 Å². The Morgan fingerprint density at radius 2 is 2.00 bits per heavy atom. The number of fused-ring (bicyclic) bond motifs is 1. The van der Waals surface area contributed by atoms with E-state index in [0.717, 1.165) is 11.4 Å². The summed E-state index contributed by atoms with van der Waals surface area (Å²) in [5.41, 5.74) is 6.66. The minimum absolute atomic E-state index is 0.346. The first-order valence-electron chi connectivity index (χ1n) is 6.25. The van der Waals surface area contributed by atoms with E-state index in [2.05, 4.69) is 37.4 Å². The molecule has 3 rings (SSSR count). The van der Waals surface area contributed by atoms with Crippen LogP contribution in [0.15, 0.2) is 36.4 Å². The first-order valence-corrected chi connectivity index (χ1v) is 6.63. The first kappa shape index (κ1) is 11.6. The van der Waals surface area contributed by atoms with E-state index in [0.29, 0.717) is 6.04 Å². The molecule has 0 spiro atoms. The third kappa shape index (κ3) is 1.99. The van der Waals surface area contributed by atoms with Crippen molar-refractivity contribution in [2.45, 2.75) is 26.3 Å². The van der Waals surface area contributed by atoms with E-state index in [4.69, 9.17) is 11.6 Å². The van der Waals surface area contributed by atoms with Crippen molar-refractivity contribution in [3.63, 3.8) is 0 Å². The lowest BCUT2D eigenvalue weighted by atomic mass is 9.99. The maximum atomic E-state index is 6.06. The number of halogens is 1. The topological polar surface area (TPSA) is 12.0 Å². The Morgan fingerprint density at radius 1 is 1.17 bits per heavy atom. The largest absolute Gasteiger partial charge is 0.378 e. The van der Waals surface area contributed by atoms with Crippen LogP contribution in [0.5, 0.6) is 0 Å². The number of hydrogen-bond acceptors (Lipinski definition) is 1. The fourth-order valence-electron chi connectivity index (χ4n) is 2.76. The number of anilines is 1. The zero-order chi connectivity index (χ0) is 12.7. The number of nitrogens with one attached hydrogen (secondary N) is 1. The fraction of sp³-hybridized carbons (Fsp3) is 0.250. The van der Waals surface area contributed by atoms with Crippen molar-refractivity contribution in [3.8, 4) is 0 Å². The van der Waals surface area contributed by atoms with E-state index < -0.39 is 0 Å². The predicted octanol–water partition coefficient (Wildman–Crippen LogP) is 4.67. The average molecular weight is 258 g/mol. The summed E-state index contributed by atoms with van der Waals surface area (Å²) in [5, 5.41) is 4.40. The number of aryl methyl sites for hydroxylation is 2. The molecule has 92 valence electrons. The molecule has 0 fully saturated rings. The van der Waals surface area contributed by atoms with Crippen LogP contribution in [0.2, 0.25) is 5.02 Å². The number of rotatable bonds is 1. The Hall–Kier alpha value is -1.47. The van der Waals surface area contributed by atoms with Gasteiger partial charge in [0.2, 0.25) is 0 Å². The van der Waals surface area contributed by atoms with E-state index >= 15 is 0 Å². The third-order valence-corrected chi connectivity index (χ3v) is 3.84. The van der Waals surface area contributed by atoms with Gasteiger partial charge in [-0.25, -0.2) is 0 Å². The summed E-state index contributed by atoms with van der Waals surface area (Å²) >= 11 is 6.06. The summed E-state index contributed by atoms with van der Waals surface area (Å²) in [6, 6.07) is 12.9. The van der Waals surface area contributed by atoms with E-state index in [1.165, 1.54) is 27.9 Å². The minimum atomic E-state index is 0.346. The SMILES string of the molecule is Cc1cc(C)c2c(c1)NC(c1cccc(Cl)c1)C2. The summed E-state index contributed by atoms with van der Waals surface area (Å²) in [7, 11) is 0. The Balaban J connectivity index is 1.96. The molecule has 0 aliphatic carbocycles. The van der Waals surface area contributed by atoms with Crippen molar-refractivity contribution in [2.75, 3.05) is 5.32 Å². The van der Waals surface area contributed by atoms with Crippen molar-refractivity contribution in [1.29, 1.82) is 0 Å². The van der Waals surface area contributed by atoms with Crippen molar-refractivity contribution < 1.29 is 0 Å². The standard InChI is InChI=1S/C16H16ClN/c1-10-6-11(2)14-9-15(18-16(14)7-10)12-4-3-5-13(17)8-12/h3-8,15,18H,9H2,1-2H3. The first-order chi connectivity index (χ1) is 8.63. The second kappa shape index (κ2) is 4.33. The molecule has 0 bridgehead atoms. The molecular weight excluding hydrogens is 242 g/mol. The molecule has 2 aromatic carbocycles. The van der Waals surface area contributed by atoms with Gasteiger partial charge in [0.1, 0.15) is 0 Å². The van der Waals surface area contributed by atoms with Gasteiger partial charge in [-0.15, -0.1) is 0 Å². The molecule has 1 N–H and O–H groups in total. The molecule has 0 saturated carbocycles. The van der Waals surface area contributed by atoms with Gasteiger partial charge in [-0.2, -0.15) is 0 Å². The van der Waals surface area contributed by atoms with Crippen LogP contribution in [0.1, 0.15) is 28.3 Å². The highest BCUT2D eigenvalue weighted by molar-refractivity contribution is 6.30. The van der Waals surface area contributed by atoms with E-state index in [9.17, 15) is 0 Å². The molecule has 2 heteroatoms. The van der Waals surface area contributed by atoms with Crippen LogP contribution < -0.4 is 5.32 Å². The minimum Gasteiger partial charge on any atom is -0.378 e. The Morgan fingerprint density at radius 3 is 2.78 bits per heavy atom. The predicted molar refractivity (Wildman–Crippen MR) is 77.4 cm³/mol. The van der Waals surface area contributed by atoms with E-state index in [-0.39, 0.29) is 0 Å². The molecule has 0 radical (unpaired) electrons. The maximum Gasteiger partial charge on any atom is 0.0555 e. The molecule has 18 heavy (non-hydrogen) atoms. The zero-order valence-corrected chi connectivity index (χ0v) is 11.4. The van der Waals surface area contributed by atoms with Gasteiger partial charge in [0, 0.05) is 10.7 Å².